The van der Waals surface area contributed by atoms with Crippen molar-refractivity contribution in [3.05, 3.63) is 82.3 Å². The predicted molar refractivity (Wildman–Crippen MR) is 170 cm³/mol. The highest BCUT2D eigenvalue weighted by Crippen LogP contribution is 2.45. The first kappa shape index (κ1) is 29.8. The van der Waals surface area contributed by atoms with Gasteiger partial charge in [-0.15, -0.1) is 11.8 Å². The second-order valence-corrected chi connectivity index (χ2v) is 11.2. The molecular formula is C33H39N4O4S+. The number of aromatic nitrogens is 2. The molecule has 0 radical (unpaired) electrons. The molecule has 0 N–H and O–H groups in total. The third kappa shape index (κ3) is 5.44. The van der Waals surface area contributed by atoms with Crippen molar-refractivity contribution in [1.82, 2.24) is 4.57 Å². The number of fused-ring (bicyclic) bond motifs is 2. The normalized spacial score (nSPS) is 16.7. The molecule has 0 amide bonds. The van der Waals surface area contributed by atoms with Crippen LogP contribution in [0.4, 0.5) is 11.4 Å². The van der Waals surface area contributed by atoms with Gasteiger partial charge >= 0.3 is 0 Å². The largest absolute Gasteiger partial charge is 0.383 e. The van der Waals surface area contributed by atoms with E-state index in [-0.39, 0.29) is 11.6 Å². The van der Waals surface area contributed by atoms with Crippen molar-refractivity contribution in [3.8, 4) is 0 Å². The maximum Gasteiger partial charge on any atom is 0.283 e. The number of hydrogen-bond donors (Lipinski definition) is 0. The van der Waals surface area contributed by atoms with E-state index in [0.717, 1.165) is 52.0 Å². The number of carbonyl (C=O) groups excluding carboxylic acids is 2. The Morgan fingerprint density at radius 1 is 0.929 bits per heavy atom. The summed E-state index contributed by atoms with van der Waals surface area (Å²) in [6.45, 7) is 9.74. The first-order valence-electron chi connectivity index (χ1n) is 14.4. The van der Waals surface area contributed by atoms with Gasteiger partial charge in [0.25, 0.3) is 5.82 Å². The molecule has 0 spiro atoms. The highest BCUT2D eigenvalue weighted by atomic mass is 32.2. The number of Topliss-reactive ketones (excluding diaryl/α,β-unsaturated/α-hetero) is 2. The molecule has 1 aromatic heterocycles. The van der Waals surface area contributed by atoms with Crippen LogP contribution in [0.25, 0.3) is 17.1 Å². The molecule has 42 heavy (non-hydrogen) atoms. The van der Waals surface area contributed by atoms with E-state index in [1.165, 1.54) is 11.8 Å². The number of nitrogens with zero attached hydrogens (tertiary/aromatic N) is 4. The van der Waals surface area contributed by atoms with Crippen molar-refractivity contribution in [2.45, 2.75) is 33.9 Å². The fourth-order valence-corrected chi connectivity index (χ4v) is 6.68. The lowest BCUT2D eigenvalue weighted by atomic mass is 9.89. The van der Waals surface area contributed by atoms with Gasteiger partial charge in [-0.1, -0.05) is 24.3 Å². The molecule has 220 valence electrons. The van der Waals surface area contributed by atoms with Gasteiger partial charge in [0, 0.05) is 49.4 Å². The van der Waals surface area contributed by atoms with Crippen LogP contribution in [0.2, 0.25) is 0 Å². The van der Waals surface area contributed by atoms with Crippen molar-refractivity contribution in [1.29, 1.82) is 0 Å². The van der Waals surface area contributed by atoms with Crippen LogP contribution >= 0.6 is 11.8 Å². The van der Waals surface area contributed by atoms with Gasteiger partial charge in [0.2, 0.25) is 0 Å². The molecule has 0 saturated heterocycles. The van der Waals surface area contributed by atoms with Gasteiger partial charge in [0.05, 0.1) is 36.9 Å². The van der Waals surface area contributed by atoms with Gasteiger partial charge in [0.1, 0.15) is 18.1 Å². The minimum absolute atomic E-state index is 0.0153. The lowest BCUT2D eigenvalue weighted by Crippen LogP contribution is -2.39. The summed E-state index contributed by atoms with van der Waals surface area (Å²) in [4.78, 5) is 31.3. The second kappa shape index (κ2) is 13.1. The molecule has 3 aromatic rings. The van der Waals surface area contributed by atoms with Crippen LogP contribution in [-0.4, -0.2) is 62.4 Å². The Morgan fingerprint density at radius 3 is 2.29 bits per heavy atom. The molecule has 0 unspecified atom stereocenters. The summed E-state index contributed by atoms with van der Waals surface area (Å²) < 4.78 is 15.3. The number of ketones is 2. The number of thioether (sulfide) groups is 1. The first-order chi connectivity index (χ1) is 20.4. The van der Waals surface area contributed by atoms with Gasteiger partial charge in [-0.2, -0.15) is 0 Å². The van der Waals surface area contributed by atoms with Crippen LogP contribution in [-0.2, 0) is 32.2 Å². The molecule has 0 atom stereocenters. The van der Waals surface area contributed by atoms with E-state index in [1.807, 2.05) is 36.4 Å². The van der Waals surface area contributed by atoms with Crippen molar-refractivity contribution >= 4 is 51.8 Å². The molecule has 5 rings (SSSR count). The Bertz CT molecular complexity index is 1600. The van der Waals surface area contributed by atoms with Crippen molar-refractivity contribution in [2.75, 3.05) is 56.1 Å². The lowest BCUT2D eigenvalue weighted by molar-refractivity contribution is -0.675. The molecule has 1 aliphatic carbocycles. The van der Waals surface area contributed by atoms with Gasteiger partial charge in [-0.25, -0.2) is 9.13 Å². The summed E-state index contributed by atoms with van der Waals surface area (Å²) in [6.07, 6.45) is 3.99. The minimum atomic E-state index is -0.0153. The molecule has 9 heteroatoms. The Balaban J connectivity index is 1.65. The van der Waals surface area contributed by atoms with Gasteiger partial charge in [0.15, 0.2) is 16.8 Å². The SMILES string of the molecule is CCN1C(=CC2=C(SCC(C)=O)C(=Cc3n(CC)c4ccccc4[n+]3CCOC)C2=O)N(CCOC)c2ccccc21. The third-order valence-electron chi connectivity index (χ3n) is 7.65. The number of imidazole rings is 1. The highest BCUT2D eigenvalue weighted by Gasteiger charge is 2.38. The van der Waals surface area contributed by atoms with E-state index in [0.29, 0.717) is 43.2 Å². The standard InChI is InChI=1S/C33H39N4O4S/c1-6-34-26-12-8-10-14-28(26)36(16-18-40-4)30(34)20-24-32(39)25(33(24)42-22-23(3)38)21-31-35(7-2)27-13-9-11-15-29(27)37(31)17-19-41-5/h8-15,20-21H,6-7,16-19,22H2,1-5H3/q+1. The lowest BCUT2D eigenvalue weighted by Gasteiger charge is -2.28. The van der Waals surface area contributed by atoms with Crippen LogP contribution in [0.5, 0.6) is 0 Å². The number of carbonyl (C=O) groups is 2. The van der Waals surface area contributed by atoms with Gasteiger partial charge in [-0.3, -0.25) is 9.59 Å². The van der Waals surface area contributed by atoms with E-state index in [2.05, 4.69) is 57.0 Å². The van der Waals surface area contributed by atoms with Crippen molar-refractivity contribution < 1.29 is 23.6 Å². The van der Waals surface area contributed by atoms with E-state index in [4.69, 9.17) is 9.47 Å². The van der Waals surface area contributed by atoms with E-state index in [9.17, 15) is 9.59 Å². The maximum atomic E-state index is 14.0. The summed E-state index contributed by atoms with van der Waals surface area (Å²) in [5, 5.41) is 0. The van der Waals surface area contributed by atoms with E-state index < -0.39 is 0 Å². The number of rotatable bonds is 13. The average molecular weight is 588 g/mol. The van der Waals surface area contributed by atoms with Gasteiger partial charge in [-0.05, 0) is 51.1 Å². The van der Waals surface area contributed by atoms with Crippen LogP contribution in [0, 0.1) is 0 Å². The molecule has 0 saturated carbocycles. The molecule has 0 fully saturated rings. The zero-order chi connectivity index (χ0) is 29.8. The summed E-state index contributed by atoms with van der Waals surface area (Å²) in [6, 6.07) is 16.6. The zero-order valence-electron chi connectivity index (χ0n) is 25.1. The zero-order valence-corrected chi connectivity index (χ0v) is 25.9. The monoisotopic (exact) mass is 587 g/mol. The molecule has 1 aliphatic heterocycles. The molecule has 8 nitrogen and oxygen atoms in total. The molecule has 0 bridgehead atoms. The Morgan fingerprint density at radius 2 is 1.62 bits per heavy atom. The fraction of sp³-hybridized carbons (Fsp3) is 0.364. The number of anilines is 2. The highest BCUT2D eigenvalue weighted by molar-refractivity contribution is 8.04. The summed E-state index contributed by atoms with van der Waals surface area (Å²) in [5.41, 5.74) is 5.67. The molecule has 2 aliphatic rings. The number of hydrogen-bond acceptors (Lipinski definition) is 7. The Kier molecular flexibility index (Phi) is 9.30. The predicted octanol–water partition coefficient (Wildman–Crippen LogP) is 4.97. The molecule has 2 aromatic carbocycles. The van der Waals surface area contributed by atoms with Crippen LogP contribution in [0.15, 0.2) is 76.5 Å². The Hall–Kier alpha value is -3.66. The average Bonchev–Trinajstić information content (AvgIpc) is 3.47. The number of aryl methyl sites for hydroxylation is 1. The number of benzene rings is 2. The number of ether oxygens (including phenoxy) is 2. The summed E-state index contributed by atoms with van der Waals surface area (Å²) in [7, 11) is 3.39. The van der Waals surface area contributed by atoms with Gasteiger partial charge < -0.3 is 19.3 Å². The second-order valence-electron chi connectivity index (χ2n) is 10.2. The summed E-state index contributed by atoms with van der Waals surface area (Å²) >= 11 is 1.44. The summed E-state index contributed by atoms with van der Waals surface area (Å²) in [5.74, 6) is 2.24. The van der Waals surface area contributed by atoms with Crippen molar-refractivity contribution in [3.63, 3.8) is 0 Å². The number of methoxy groups -OCH3 is 2. The molecular weight excluding hydrogens is 548 g/mol. The van der Waals surface area contributed by atoms with Crippen LogP contribution < -0.4 is 14.4 Å². The minimum Gasteiger partial charge on any atom is -0.383 e. The number of allylic oxidation sites excluding steroid dienone is 3. The topological polar surface area (TPSA) is 67.9 Å². The fourth-order valence-electron chi connectivity index (χ4n) is 5.72. The van der Waals surface area contributed by atoms with Crippen LogP contribution in [0.1, 0.15) is 26.6 Å². The third-order valence-corrected chi connectivity index (χ3v) is 8.93. The van der Waals surface area contributed by atoms with E-state index >= 15 is 0 Å². The van der Waals surface area contributed by atoms with Crippen molar-refractivity contribution in [2.24, 2.45) is 0 Å². The van der Waals surface area contributed by atoms with Crippen LogP contribution in [0.3, 0.4) is 0 Å². The smallest absolute Gasteiger partial charge is 0.283 e. The first-order valence-corrected chi connectivity index (χ1v) is 15.4. The van der Waals surface area contributed by atoms with E-state index in [1.54, 1.807) is 21.1 Å². The Labute approximate surface area is 251 Å². The quantitative estimate of drug-likeness (QED) is 0.207. The number of para-hydroxylation sites is 4. The molecule has 2 heterocycles. The maximum absolute atomic E-state index is 14.0.